The van der Waals surface area contributed by atoms with Crippen LogP contribution in [0.5, 0.6) is 0 Å². The van der Waals surface area contributed by atoms with Crippen LogP contribution in [-0.2, 0) is 4.79 Å². The summed E-state index contributed by atoms with van der Waals surface area (Å²) in [6.07, 6.45) is 3.88. The topological polar surface area (TPSA) is 71.0 Å². The van der Waals surface area contributed by atoms with Crippen LogP contribution in [0.25, 0.3) is 11.3 Å². The molecule has 2 aromatic heterocycles. The number of aryl methyl sites for hydroxylation is 1. The lowest BCUT2D eigenvalue weighted by molar-refractivity contribution is -0.113. The smallest absolute Gasteiger partial charge is 0.236 e. The third kappa shape index (κ3) is 5.33. The molecule has 3 aromatic rings. The van der Waals surface area contributed by atoms with E-state index in [1.54, 1.807) is 0 Å². The average Bonchev–Trinajstić information content (AvgIpc) is 3.18. The number of hydrogen-bond acceptors (Lipinski definition) is 7. The lowest BCUT2D eigenvalue weighted by atomic mass is 10.1. The molecule has 0 radical (unpaired) electrons. The zero-order valence-corrected chi connectivity index (χ0v) is 17.9. The number of amides is 1. The minimum absolute atomic E-state index is 0.0940. The van der Waals surface area contributed by atoms with E-state index in [2.05, 4.69) is 49.7 Å². The van der Waals surface area contributed by atoms with Gasteiger partial charge in [-0.2, -0.15) is 0 Å². The zero-order chi connectivity index (χ0) is 20.1. The van der Waals surface area contributed by atoms with Crippen molar-refractivity contribution in [3.8, 4) is 11.3 Å². The van der Waals surface area contributed by atoms with Crippen LogP contribution in [0.3, 0.4) is 0 Å². The van der Waals surface area contributed by atoms with Crippen LogP contribution < -0.4 is 10.2 Å². The maximum absolute atomic E-state index is 12.0. The molecule has 1 aliphatic heterocycles. The molecule has 0 bridgehead atoms. The molecule has 29 heavy (non-hydrogen) atoms. The molecule has 0 aliphatic carbocycles. The van der Waals surface area contributed by atoms with Gasteiger partial charge in [0.2, 0.25) is 5.91 Å². The van der Waals surface area contributed by atoms with Gasteiger partial charge in [0.05, 0.1) is 17.1 Å². The van der Waals surface area contributed by atoms with Crippen molar-refractivity contribution in [2.24, 2.45) is 0 Å². The Morgan fingerprint density at radius 3 is 2.55 bits per heavy atom. The molecule has 0 atom stereocenters. The summed E-state index contributed by atoms with van der Waals surface area (Å²) < 4.78 is 0. The Kier molecular flexibility index (Phi) is 6.41. The first-order valence-electron chi connectivity index (χ1n) is 9.71. The molecule has 6 nitrogen and oxygen atoms in total. The number of thiazole rings is 1. The molecular formula is C21H23N5OS2. The van der Waals surface area contributed by atoms with E-state index in [0.717, 1.165) is 35.1 Å². The summed E-state index contributed by atoms with van der Waals surface area (Å²) in [4.78, 5) is 18.7. The second-order valence-electron chi connectivity index (χ2n) is 6.98. The molecule has 1 saturated heterocycles. The van der Waals surface area contributed by atoms with Gasteiger partial charge in [-0.05, 0) is 50.5 Å². The van der Waals surface area contributed by atoms with Crippen molar-refractivity contribution in [1.29, 1.82) is 0 Å². The highest BCUT2D eigenvalue weighted by Gasteiger charge is 2.11. The molecule has 1 N–H and O–H groups in total. The number of nitrogens with one attached hydrogen (secondary N) is 1. The zero-order valence-electron chi connectivity index (χ0n) is 16.3. The second-order valence-corrected chi connectivity index (χ2v) is 8.84. The molecule has 8 heteroatoms. The summed E-state index contributed by atoms with van der Waals surface area (Å²) in [7, 11) is 0. The van der Waals surface area contributed by atoms with Crippen molar-refractivity contribution in [1.82, 2.24) is 15.2 Å². The highest BCUT2D eigenvalue weighted by Crippen LogP contribution is 2.25. The molecule has 1 aliphatic rings. The van der Waals surface area contributed by atoms with E-state index in [9.17, 15) is 4.79 Å². The lowest BCUT2D eigenvalue weighted by Gasteiger charge is -2.28. The lowest BCUT2D eigenvalue weighted by Crippen LogP contribution is -2.29. The predicted octanol–water partition coefficient (Wildman–Crippen LogP) is 4.63. The summed E-state index contributed by atoms with van der Waals surface area (Å²) in [5, 5.41) is 14.7. The Bertz CT molecular complexity index is 950. The van der Waals surface area contributed by atoms with Crippen LogP contribution in [0, 0.1) is 6.92 Å². The molecule has 0 saturated carbocycles. The van der Waals surface area contributed by atoms with Crippen LogP contribution in [0.2, 0.25) is 0 Å². The number of carbonyl (C=O) groups excluding carboxylic acids is 1. The minimum Gasteiger partial charge on any atom is -0.372 e. The van der Waals surface area contributed by atoms with E-state index in [1.165, 1.54) is 48.0 Å². The van der Waals surface area contributed by atoms with Gasteiger partial charge in [-0.25, -0.2) is 4.98 Å². The fourth-order valence-corrected chi connectivity index (χ4v) is 4.57. The summed E-state index contributed by atoms with van der Waals surface area (Å²) >= 11 is 2.79. The number of carbonyl (C=O) groups is 1. The van der Waals surface area contributed by atoms with Gasteiger partial charge < -0.3 is 10.2 Å². The van der Waals surface area contributed by atoms with Crippen molar-refractivity contribution in [2.75, 3.05) is 29.1 Å². The molecule has 1 amide bonds. The predicted molar refractivity (Wildman–Crippen MR) is 120 cm³/mol. The second kappa shape index (κ2) is 9.37. The van der Waals surface area contributed by atoms with Gasteiger partial charge in [0.1, 0.15) is 5.03 Å². The SMILES string of the molecule is Cc1csc(NC(=O)CSc2ccc(-c3ccc(N4CCCCC4)cc3)nn2)n1. The van der Waals surface area contributed by atoms with Gasteiger partial charge >= 0.3 is 0 Å². The fourth-order valence-electron chi connectivity index (χ4n) is 3.25. The van der Waals surface area contributed by atoms with E-state index < -0.39 is 0 Å². The van der Waals surface area contributed by atoms with Crippen molar-refractivity contribution >= 4 is 39.8 Å². The van der Waals surface area contributed by atoms with Crippen molar-refractivity contribution < 1.29 is 4.79 Å². The Hall–Kier alpha value is -2.45. The van der Waals surface area contributed by atoms with Gasteiger partial charge in [-0.1, -0.05) is 23.9 Å². The van der Waals surface area contributed by atoms with E-state index in [4.69, 9.17) is 0 Å². The summed E-state index contributed by atoms with van der Waals surface area (Å²) in [5.41, 5.74) is 4.06. The van der Waals surface area contributed by atoms with E-state index in [-0.39, 0.29) is 11.7 Å². The van der Waals surface area contributed by atoms with Crippen molar-refractivity contribution in [3.63, 3.8) is 0 Å². The Labute approximate surface area is 178 Å². The number of thioether (sulfide) groups is 1. The minimum atomic E-state index is -0.0940. The first kappa shape index (κ1) is 19.8. The van der Waals surface area contributed by atoms with Crippen LogP contribution in [-0.4, -0.2) is 39.9 Å². The van der Waals surface area contributed by atoms with Crippen molar-refractivity contribution in [3.05, 3.63) is 47.5 Å². The molecule has 1 fully saturated rings. The third-order valence-corrected chi connectivity index (χ3v) is 6.54. The van der Waals surface area contributed by atoms with Gasteiger partial charge in [0.15, 0.2) is 5.13 Å². The number of rotatable bonds is 6. The van der Waals surface area contributed by atoms with Gasteiger partial charge in [0, 0.05) is 29.7 Å². The number of benzene rings is 1. The number of piperidine rings is 1. The first-order valence-corrected chi connectivity index (χ1v) is 11.6. The maximum atomic E-state index is 12.0. The largest absolute Gasteiger partial charge is 0.372 e. The number of hydrogen-bond donors (Lipinski definition) is 1. The number of aromatic nitrogens is 3. The standard InChI is InChI=1S/C21H23N5OS2/c1-15-13-29-21(22-15)23-19(27)14-28-20-10-9-18(24-25-20)16-5-7-17(8-6-16)26-11-3-2-4-12-26/h5-10,13H,2-4,11-12,14H2,1H3,(H,22,23,27). The summed E-state index contributed by atoms with van der Waals surface area (Å²) in [6, 6.07) is 12.4. The van der Waals surface area contributed by atoms with Gasteiger partial charge in [-0.15, -0.1) is 21.5 Å². The monoisotopic (exact) mass is 425 g/mol. The summed E-state index contributed by atoms with van der Waals surface area (Å²) in [6.45, 7) is 4.18. The van der Waals surface area contributed by atoms with E-state index in [0.29, 0.717) is 5.13 Å². The van der Waals surface area contributed by atoms with Crippen LogP contribution >= 0.6 is 23.1 Å². The molecule has 3 heterocycles. The molecule has 150 valence electrons. The average molecular weight is 426 g/mol. The highest BCUT2D eigenvalue weighted by molar-refractivity contribution is 7.99. The Balaban J connectivity index is 1.32. The third-order valence-electron chi connectivity index (χ3n) is 4.74. The van der Waals surface area contributed by atoms with Crippen LogP contribution in [0.1, 0.15) is 25.0 Å². The molecule has 0 unspecified atom stereocenters. The van der Waals surface area contributed by atoms with Crippen LogP contribution in [0.15, 0.2) is 46.8 Å². The van der Waals surface area contributed by atoms with Gasteiger partial charge in [0.25, 0.3) is 0 Å². The normalized spacial score (nSPS) is 14.0. The first-order chi connectivity index (χ1) is 14.2. The highest BCUT2D eigenvalue weighted by atomic mass is 32.2. The van der Waals surface area contributed by atoms with Crippen LogP contribution in [0.4, 0.5) is 10.8 Å². The molecule has 4 rings (SSSR count). The van der Waals surface area contributed by atoms with E-state index in [1.807, 2.05) is 24.4 Å². The molecular weight excluding hydrogens is 402 g/mol. The number of nitrogens with zero attached hydrogens (tertiary/aromatic N) is 4. The molecule has 1 aromatic carbocycles. The maximum Gasteiger partial charge on any atom is 0.236 e. The molecule has 0 spiro atoms. The number of anilines is 2. The Morgan fingerprint density at radius 2 is 1.90 bits per heavy atom. The van der Waals surface area contributed by atoms with E-state index >= 15 is 0 Å². The van der Waals surface area contributed by atoms with Gasteiger partial charge in [-0.3, -0.25) is 4.79 Å². The quantitative estimate of drug-likeness (QED) is 0.581. The summed E-state index contributed by atoms with van der Waals surface area (Å²) in [5.74, 6) is 0.181. The van der Waals surface area contributed by atoms with Crippen molar-refractivity contribution in [2.45, 2.75) is 31.2 Å². The fraction of sp³-hybridized carbons (Fsp3) is 0.333. The Morgan fingerprint density at radius 1 is 1.10 bits per heavy atom.